The zero-order valence-corrected chi connectivity index (χ0v) is 8.09. The maximum Gasteiger partial charge on any atom is 0.253 e. The molecule has 2 amide bonds. The van der Waals surface area contributed by atoms with E-state index in [0.717, 1.165) is 4.90 Å². The lowest BCUT2D eigenvalue weighted by Crippen LogP contribution is -2.31. The average molecular weight is 209 g/mol. The first-order valence-electron chi connectivity index (χ1n) is 4.63. The van der Waals surface area contributed by atoms with Gasteiger partial charge in [-0.3, -0.25) is 14.5 Å². The molecule has 1 rings (SSSR count). The molecule has 0 spiro atoms. The van der Waals surface area contributed by atoms with Crippen LogP contribution in [0.25, 0.3) is 0 Å². The van der Waals surface area contributed by atoms with Crippen molar-refractivity contribution in [2.75, 3.05) is 6.54 Å². The van der Waals surface area contributed by atoms with Crippen LogP contribution >= 0.6 is 0 Å². The normalized spacial score (nSPS) is 15.1. The Kier molecular flexibility index (Phi) is 3.91. The van der Waals surface area contributed by atoms with E-state index >= 15 is 0 Å². The lowest BCUT2D eigenvalue weighted by atomic mass is 10.1. The van der Waals surface area contributed by atoms with Crippen molar-refractivity contribution in [1.29, 1.82) is 0 Å². The van der Waals surface area contributed by atoms with Crippen LogP contribution in [0, 0.1) is 5.92 Å². The Morgan fingerprint density at radius 2 is 1.67 bits per heavy atom. The van der Waals surface area contributed by atoms with Crippen molar-refractivity contribution in [3.05, 3.63) is 12.2 Å². The quantitative estimate of drug-likeness (QED) is 0.342. The van der Waals surface area contributed by atoms with Crippen molar-refractivity contribution in [3.63, 3.8) is 0 Å². The lowest BCUT2D eigenvalue weighted by Gasteiger charge is -2.13. The molecule has 1 heterocycles. The Balaban J connectivity index is 2.32. The van der Waals surface area contributed by atoms with Crippen LogP contribution in [0.3, 0.4) is 0 Å². The second-order valence-corrected chi connectivity index (χ2v) is 3.24. The SMILES string of the molecule is O=CC(C=O)CCCN1C(=O)C=CC1=O. The first-order valence-corrected chi connectivity index (χ1v) is 4.63. The minimum Gasteiger partial charge on any atom is -0.303 e. The van der Waals surface area contributed by atoms with Gasteiger partial charge in [-0.1, -0.05) is 0 Å². The highest BCUT2D eigenvalue weighted by molar-refractivity contribution is 6.12. The molecule has 0 aromatic heterocycles. The minimum atomic E-state index is -0.634. The van der Waals surface area contributed by atoms with Crippen LogP contribution in [0.1, 0.15) is 12.8 Å². The van der Waals surface area contributed by atoms with Crippen molar-refractivity contribution >= 4 is 24.4 Å². The monoisotopic (exact) mass is 209 g/mol. The largest absolute Gasteiger partial charge is 0.303 e. The van der Waals surface area contributed by atoms with E-state index in [9.17, 15) is 19.2 Å². The Labute approximate surface area is 86.7 Å². The predicted molar refractivity (Wildman–Crippen MR) is 50.7 cm³/mol. The van der Waals surface area contributed by atoms with Gasteiger partial charge in [0.05, 0.1) is 5.92 Å². The van der Waals surface area contributed by atoms with Crippen molar-refractivity contribution in [2.45, 2.75) is 12.8 Å². The van der Waals surface area contributed by atoms with Gasteiger partial charge >= 0.3 is 0 Å². The lowest BCUT2D eigenvalue weighted by molar-refractivity contribution is -0.136. The minimum absolute atomic E-state index is 0.253. The van der Waals surface area contributed by atoms with Crippen molar-refractivity contribution in [1.82, 2.24) is 4.90 Å². The van der Waals surface area contributed by atoms with Crippen LogP contribution in [0.4, 0.5) is 0 Å². The summed E-state index contributed by atoms with van der Waals surface area (Å²) >= 11 is 0. The number of nitrogens with zero attached hydrogens (tertiary/aromatic N) is 1. The summed E-state index contributed by atoms with van der Waals surface area (Å²) in [5.41, 5.74) is 0. The van der Waals surface area contributed by atoms with Gasteiger partial charge in [0, 0.05) is 18.7 Å². The summed E-state index contributed by atoms with van der Waals surface area (Å²) in [6.07, 6.45) is 4.38. The van der Waals surface area contributed by atoms with E-state index in [1.54, 1.807) is 0 Å². The third-order valence-electron chi connectivity index (χ3n) is 2.17. The predicted octanol–water partition coefficient (Wildman–Crippen LogP) is -0.294. The van der Waals surface area contributed by atoms with Gasteiger partial charge < -0.3 is 9.59 Å². The highest BCUT2D eigenvalue weighted by Gasteiger charge is 2.22. The fraction of sp³-hybridized carbons (Fsp3) is 0.400. The summed E-state index contributed by atoms with van der Waals surface area (Å²) in [5, 5.41) is 0. The number of carbonyl (C=O) groups is 4. The van der Waals surface area contributed by atoms with E-state index in [2.05, 4.69) is 0 Å². The molecule has 15 heavy (non-hydrogen) atoms. The fourth-order valence-corrected chi connectivity index (χ4v) is 1.30. The second-order valence-electron chi connectivity index (χ2n) is 3.24. The first-order chi connectivity index (χ1) is 7.19. The van der Waals surface area contributed by atoms with Crippen LogP contribution in [-0.4, -0.2) is 35.8 Å². The Bertz CT molecular complexity index is 295. The molecule has 0 bridgehead atoms. The maximum absolute atomic E-state index is 11.1. The van der Waals surface area contributed by atoms with Gasteiger partial charge in [-0.25, -0.2) is 0 Å². The smallest absolute Gasteiger partial charge is 0.253 e. The first kappa shape index (κ1) is 11.3. The number of hydrogen-bond acceptors (Lipinski definition) is 4. The van der Waals surface area contributed by atoms with Crippen LogP contribution in [-0.2, 0) is 19.2 Å². The molecule has 0 aromatic rings. The summed E-state index contributed by atoms with van der Waals surface area (Å²) in [6.45, 7) is 0.253. The fourth-order valence-electron chi connectivity index (χ4n) is 1.30. The van der Waals surface area contributed by atoms with Crippen LogP contribution < -0.4 is 0 Å². The van der Waals surface area contributed by atoms with Crippen LogP contribution in [0.15, 0.2) is 12.2 Å². The van der Waals surface area contributed by atoms with Gasteiger partial charge in [0.2, 0.25) is 0 Å². The van der Waals surface area contributed by atoms with E-state index < -0.39 is 5.92 Å². The molecule has 0 N–H and O–H groups in total. The number of amides is 2. The third-order valence-corrected chi connectivity index (χ3v) is 2.17. The van der Waals surface area contributed by atoms with E-state index in [1.165, 1.54) is 12.2 Å². The van der Waals surface area contributed by atoms with E-state index in [0.29, 0.717) is 25.4 Å². The standard InChI is InChI=1S/C10H11NO4/c12-6-8(7-13)2-1-5-11-9(14)3-4-10(11)15/h3-4,6-8H,1-2,5H2. The zero-order valence-electron chi connectivity index (χ0n) is 8.09. The topological polar surface area (TPSA) is 71.5 Å². The van der Waals surface area contributed by atoms with E-state index in [1.807, 2.05) is 0 Å². The molecule has 1 aliphatic heterocycles. The second kappa shape index (κ2) is 5.19. The van der Waals surface area contributed by atoms with Crippen LogP contribution in [0.5, 0.6) is 0 Å². The molecular formula is C10H11NO4. The molecular weight excluding hydrogens is 198 g/mol. The summed E-state index contributed by atoms with van der Waals surface area (Å²) < 4.78 is 0. The highest BCUT2D eigenvalue weighted by Crippen LogP contribution is 2.07. The van der Waals surface area contributed by atoms with Gasteiger partial charge in [-0.2, -0.15) is 0 Å². The molecule has 0 saturated heterocycles. The molecule has 0 aromatic carbocycles. The average Bonchev–Trinajstić information content (AvgIpc) is 2.55. The molecule has 0 unspecified atom stereocenters. The van der Waals surface area contributed by atoms with E-state index in [-0.39, 0.29) is 18.4 Å². The molecule has 0 radical (unpaired) electrons. The number of rotatable bonds is 6. The van der Waals surface area contributed by atoms with Gasteiger partial charge in [-0.05, 0) is 12.8 Å². The van der Waals surface area contributed by atoms with Crippen molar-refractivity contribution < 1.29 is 19.2 Å². The van der Waals surface area contributed by atoms with Crippen molar-refractivity contribution in [2.24, 2.45) is 5.92 Å². The number of aldehydes is 2. The molecule has 80 valence electrons. The maximum atomic E-state index is 11.1. The summed E-state index contributed by atoms with van der Waals surface area (Å²) in [5.74, 6) is -1.31. The molecule has 5 heteroatoms. The van der Waals surface area contributed by atoms with Crippen molar-refractivity contribution in [3.8, 4) is 0 Å². The number of hydrogen-bond donors (Lipinski definition) is 0. The molecule has 0 saturated carbocycles. The molecule has 0 atom stereocenters. The Morgan fingerprint density at radius 1 is 1.13 bits per heavy atom. The summed E-state index contributed by atoms with van der Waals surface area (Å²) in [7, 11) is 0. The van der Waals surface area contributed by atoms with Gasteiger partial charge in [0.25, 0.3) is 11.8 Å². The highest BCUT2D eigenvalue weighted by atomic mass is 16.2. The summed E-state index contributed by atoms with van der Waals surface area (Å²) in [4.78, 5) is 43.8. The Morgan fingerprint density at radius 3 is 2.13 bits per heavy atom. The van der Waals surface area contributed by atoms with E-state index in [4.69, 9.17) is 0 Å². The summed E-state index contributed by atoms with van der Waals surface area (Å²) in [6, 6.07) is 0. The Hall–Kier alpha value is -1.78. The van der Waals surface area contributed by atoms with Gasteiger partial charge in [0.1, 0.15) is 12.6 Å². The number of imide groups is 1. The molecule has 0 fully saturated rings. The number of carbonyl (C=O) groups excluding carboxylic acids is 4. The van der Waals surface area contributed by atoms with Gasteiger partial charge in [0.15, 0.2) is 0 Å². The molecule has 5 nitrogen and oxygen atoms in total. The third kappa shape index (κ3) is 2.83. The van der Waals surface area contributed by atoms with Crippen LogP contribution in [0.2, 0.25) is 0 Å². The zero-order chi connectivity index (χ0) is 11.3. The van der Waals surface area contributed by atoms with Gasteiger partial charge in [-0.15, -0.1) is 0 Å². The molecule has 0 aliphatic carbocycles. The molecule has 1 aliphatic rings.